The molecule has 0 spiro atoms. The molecule has 0 aliphatic heterocycles. The number of pyridine rings is 1. The molecule has 7 nitrogen and oxygen atoms in total. The summed E-state index contributed by atoms with van der Waals surface area (Å²) in [4.78, 5) is 15.3. The van der Waals surface area contributed by atoms with Crippen molar-refractivity contribution in [1.29, 1.82) is 0 Å². The summed E-state index contributed by atoms with van der Waals surface area (Å²) in [6, 6.07) is 5.11. The number of nitrogens with one attached hydrogen (secondary N) is 2. The van der Waals surface area contributed by atoms with Crippen LogP contribution in [0.15, 0.2) is 42.0 Å². The fraction of sp³-hybridized carbons (Fsp3) is 0.526. The zero-order valence-corrected chi connectivity index (χ0v) is 16.5. The summed E-state index contributed by atoms with van der Waals surface area (Å²) in [5.74, 6) is 1.66. The summed E-state index contributed by atoms with van der Waals surface area (Å²) in [6.45, 7) is 11.4. The number of aliphatic imine (C=N–C) groups is 1. The quantitative estimate of drug-likeness (QED) is 0.559. The summed E-state index contributed by atoms with van der Waals surface area (Å²) in [5.41, 5.74) is 1.10. The van der Waals surface area contributed by atoms with Gasteiger partial charge >= 0.3 is 0 Å². The van der Waals surface area contributed by atoms with Crippen LogP contribution in [-0.4, -0.2) is 57.6 Å². The predicted octanol–water partition coefficient (Wildman–Crippen LogP) is 2.05. The molecule has 0 aliphatic carbocycles. The van der Waals surface area contributed by atoms with Crippen LogP contribution < -0.4 is 10.6 Å². The van der Waals surface area contributed by atoms with Crippen LogP contribution in [0.25, 0.3) is 5.82 Å². The summed E-state index contributed by atoms with van der Waals surface area (Å²) in [6.07, 6.45) is 7.23. The first kappa shape index (κ1) is 19.9. The minimum absolute atomic E-state index is 0.534. The number of nitrogens with zero attached hydrogens (tertiary/aromatic N) is 5. The van der Waals surface area contributed by atoms with Gasteiger partial charge in [0.2, 0.25) is 0 Å². The van der Waals surface area contributed by atoms with Crippen LogP contribution in [0, 0.1) is 0 Å². The van der Waals surface area contributed by atoms with Crippen LogP contribution >= 0.6 is 0 Å². The largest absolute Gasteiger partial charge is 0.355 e. The zero-order chi connectivity index (χ0) is 18.9. The first-order valence-electron chi connectivity index (χ1n) is 9.14. The smallest absolute Gasteiger partial charge is 0.191 e. The van der Waals surface area contributed by atoms with Crippen molar-refractivity contribution in [3.05, 3.63) is 42.6 Å². The number of imidazole rings is 1. The van der Waals surface area contributed by atoms with Crippen LogP contribution in [0.3, 0.4) is 0 Å². The molecule has 0 fully saturated rings. The number of rotatable bonds is 8. The van der Waals surface area contributed by atoms with Crippen molar-refractivity contribution >= 4 is 5.96 Å². The highest BCUT2D eigenvalue weighted by Gasteiger charge is 2.12. The maximum Gasteiger partial charge on any atom is 0.191 e. The highest BCUT2D eigenvalue weighted by atomic mass is 15.2. The third-order valence-corrected chi connectivity index (χ3v) is 4.25. The van der Waals surface area contributed by atoms with Crippen LogP contribution in [0.5, 0.6) is 0 Å². The average Bonchev–Trinajstić information content (AvgIpc) is 3.15. The molecule has 0 amide bonds. The van der Waals surface area contributed by atoms with Crippen LogP contribution in [0.2, 0.25) is 0 Å². The van der Waals surface area contributed by atoms with E-state index in [-0.39, 0.29) is 0 Å². The summed E-state index contributed by atoms with van der Waals surface area (Å²) < 4.78 is 1.88. The van der Waals surface area contributed by atoms with Gasteiger partial charge in [0.05, 0.1) is 0 Å². The Morgan fingerprint density at radius 2 is 1.96 bits per heavy atom. The van der Waals surface area contributed by atoms with Crippen LogP contribution in [0.1, 0.15) is 33.3 Å². The lowest BCUT2D eigenvalue weighted by molar-refractivity contribution is 0.178. The van der Waals surface area contributed by atoms with E-state index in [2.05, 4.69) is 64.3 Å². The first-order chi connectivity index (χ1) is 12.5. The summed E-state index contributed by atoms with van der Waals surface area (Å²) in [7, 11) is 1.79. The lowest BCUT2D eigenvalue weighted by atomic mass is 10.2. The van der Waals surface area contributed by atoms with E-state index in [9.17, 15) is 0 Å². The lowest BCUT2D eigenvalue weighted by Crippen LogP contribution is -2.45. The van der Waals surface area contributed by atoms with Crippen molar-refractivity contribution in [2.45, 2.75) is 46.3 Å². The van der Waals surface area contributed by atoms with Crippen molar-refractivity contribution < 1.29 is 0 Å². The van der Waals surface area contributed by atoms with Crippen molar-refractivity contribution in [1.82, 2.24) is 30.1 Å². The summed E-state index contributed by atoms with van der Waals surface area (Å²) >= 11 is 0. The minimum atomic E-state index is 0.534. The number of aromatic nitrogens is 3. The monoisotopic (exact) mass is 357 g/mol. The highest BCUT2D eigenvalue weighted by molar-refractivity contribution is 5.79. The predicted molar refractivity (Wildman–Crippen MR) is 107 cm³/mol. The second-order valence-electron chi connectivity index (χ2n) is 6.77. The zero-order valence-electron chi connectivity index (χ0n) is 16.5. The minimum Gasteiger partial charge on any atom is -0.355 e. The Morgan fingerprint density at radius 3 is 2.50 bits per heavy atom. The molecule has 0 atom stereocenters. The molecule has 2 rings (SSSR count). The third kappa shape index (κ3) is 5.84. The van der Waals surface area contributed by atoms with Gasteiger partial charge in [-0.05, 0) is 39.3 Å². The molecule has 0 aromatic carbocycles. The van der Waals surface area contributed by atoms with Crippen molar-refractivity contribution in [2.24, 2.45) is 4.99 Å². The third-order valence-electron chi connectivity index (χ3n) is 4.25. The Hall–Kier alpha value is -2.41. The molecule has 0 aliphatic rings. The number of guanidine groups is 1. The van der Waals surface area contributed by atoms with Crippen molar-refractivity contribution in [3.8, 4) is 5.82 Å². The molecule has 0 saturated heterocycles. The van der Waals surface area contributed by atoms with Gasteiger partial charge in [-0.1, -0.05) is 6.07 Å². The van der Waals surface area contributed by atoms with Gasteiger partial charge in [0.1, 0.15) is 12.1 Å². The fourth-order valence-corrected chi connectivity index (χ4v) is 2.89. The summed E-state index contributed by atoms with van der Waals surface area (Å²) in [5, 5.41) is 6.71. The normalized spacial score (nSPS) is 12.2. The second kappa shape index (κ2) is 9.91. The van der Waals surface area contributed by atoms with Gasteiger partial charge in [-0.25, -0.2) is 9.97 Å². The topological polar surface area (TPSA) is 70.4 Å². The Bertz CT molecular complexity index is 652. The van der Waals surface area contributed by atoms with Gasteiger partial charge in [-0.2, -0.15) is 0 Å². The van der Waals surface area contributed by atoms with Gasteiger partial charge < -0.3 is 10.6 Å². The molecule has 26 heavy (non-hydrogen) atoms. The Kier molecular flexibility index (Phi) is 7.59. The van der Waals surface area contributed by atoms with Gasteiger partial charge in [-0.15, -0.1) is 0 Å². The van der Waals surface area contributed by atoms with Gasteiger partial charge in [0, 0.05) is 57.4 Å². The number of hydrogen-bond acceptors (Lipinski definition) is 4. The van der Waals surface area contributed by atoms with Crippen molar-refractivity contribution in [2.75, 3.05) is 20.1 Å². The van der Waals surface area contributed by atoms with E-state index >= 15 is 0 Å². The molecule has 0 bridgehead atoms. The maximum absolute atomic E-state index is 4.47. The molecule has 7 heteroatoms. The Morgan fingerprint density at radius 1 is 1.19 bits per heavy atom. The Labute approximate surface area is 156 Å². The molecule has 2 N–H and O–H groups in total. The average molecular weight is 358 g/mol. The van der Waals surface area contributed by atoms with E-state index in [4.69, 9.17) is 0 Å². The molecule has 0 saturated carbocycles. The fourth-order valence-electron chi connectivity index (χ4n) is 2.89. The first-order valence-corrected chi connectivity index (χ1v) is 9.14. The molecule has 2 heterocycles. The van der Waals surface area contributed by atoms with E-state index in [1.807, 2.05) is 23.0 Å². The van der Waals surface area contributed by atoms with Crippen LogP contribution in [0.4, 0.5) is 0 Å². The standard InChI is InChI=1S/C19H31N7/c1-15(2)26(16(3)4)11-9-22-19(20-5)24-13-17-6-7-18(23-12-17)25-10-8-21-14-25/h6-8,10,12,14-16H,9,11,13H2,1-5H3,(H2,20,22,24). The lowest BCUT2D eigenvalue weighted by Gasteiger charge is -2.30. The number of hydrogen-bond donors (Lipinski definition) is 2. The van der Waals surface area contributed by atoms with E-state index in [0.29, 0.717) is 18.6 Å². The van der Waals surface area contributed by atoms with Gasteiger partial charge in [0.25, 0.3) is 0 Å². The Balaban J connectivity index is 1.79. The van der Waals surface area contributed by atoms with E-state index in [1.165, 1.54) is 0 Å². The van der Waals surface area contributed by atoms with Gasteiger partial charge in [-0.3, -0.25) is 14.5 Å². The van der Waals surface area contributed by atoms with Crippen molar-refractivity contribution in [3.63, 3.8) is 0 Å². The molecule has 0 radical (unpaired) electrons. The molecule has 2 aromatic heterocycles. The molecule has 0 unspecified atom stereocenters. The molecular weight excluding hydrogens is 326 g/mol. The molecule has 2 aromatic rings. The van der Waals surface area contributed by atoms with E-state index < -0.39 is 0 Å². The molecule has 142 valence electrons. The van der Waals surface area contributed by atoms with E-state index in [0.717, 1.165) is 30.4 Å². The second-order valence-corrected chi connectivity index (χ2v) is 6.77. The van der Waals surface area contributed by atoms with Crippen LogP contribution in [-0.2, 0) is 6.54 Å². The maximum atomic E-state index is 4.47. The van der Waals surface area contributed by atoms with E-state index in [1.54, 1.807) is 19.6 Å². The highest BCUT2D eigenvalue weighted by Crippen LogP contribution is 2.05. The SMILES string of the molecule is CN=C(NCCN(C(C)C)C(C)C)NCc1ccc(-n2ccnc2)nc1. The molecular formula is C19H31N7. The van der Waals surface area contributed by atoms with Gasteiger partial charge in [0.15, 0.2) is 5.96 Å².